The zero-order valence-corrected chi connectivity index (χ0v) is 12.2. The topological polar surface area (TPSA) is 70.6 Å². The first-order valence-electron chi connectivity index (χ1n) is 7.44. The van der Waals surface area contributed by atoms with Gasteiger partial charge in [0.2, 0.25) is 0 Å². The van der Waals surface area contributed by atoms with Crippen LogP contribution >= 0.6 is 0 Å². The molecule has 1 aromatic carbocycles. The molecule has 4 nitrogen and oxygen atoms in total. The Kier molecular flexibility index (Phi) is 5.01. The minimum absolute atomic E-state index is 0.0707. The van der Waals surface area contributed by atoms with Crippen LogP contribution in [0.4, 0.5) is 0 Å². The fourth-order valence-corrected chi connectivity index (χ4v) is 2.85. The van der Waals surface area contributed by atoms with Crippen LogP contribution in [0.1, 0.15) is 44.1 Å². The molecule has 0 heterocycles. The van der Waals surface area contributed by atoms with E-state index in [0.29, 0.717) is 12.0 Å². The smallest absolute Gasteiger partial charge is 0.147 e. The molecule has 1 aliphatic carbocycles. The number of hydrogen-bond acceptors (Lipinski definition) is 3. The van der Waals surface area contributed by atoms with Gasteiger partial charge in [-0.2, -0.15) is 0 Å². The normalized spacial score (nSPS) is 18.8. The molecule has 0 bridgehead atoms. The quantitative estimate of drug-likeness (QED) is 0.296. The van der Waals surface area contributed by atoms with Crippen LogP contribution in [0, 0.1) is 5.41 Å². The van der Waals surface area contributed by atoms with Gasteiger partial charge in [0, 0.05) is 13.1 Å². The van der Waals surface area contributed by atoms with E-state index in [1.54, 1.807) is 0 Å². The molecule has 0 radical (unpaired) electrons. The van der Waals surface area contributed by atoms with Crippen molar-refractivity contribution in [2.24, 2.45) is 16.3 Å². The highest BCUT2D eigenvalue weighted by Crippen LogP contribution is 2.48. The molecule has 1 aliphatic rings. The summed E-state index contributed by atoms with van der Waals surface area (Å²) >= 11 is 0. The van der Waals surface area contributed by atoms with E-state index in [9.17, 15) is 0 Å². The van der Waals surface area contributed by atoms with Crippen molar-refractivity contribution in [2.45, 2.75) is 38.5 Å². The molecule has 1 aromatic rings. The summed E-state index contributed by atoms with van der Waals surface area (Å²) in [5, 5.41) is 15.7. The molecular weight excluding hydrogens is 250 g/mol. The lowest BCUT2D eigenvalue weighted by Crippen LogP contribution is -2.34. The second-order valence-corrected chi connectivity index (χ2v) is 5.87. The summed E-state index contributed by atoms with van der Waals surface area (Å²) in [5.41, 5.74) is 7.43. The minimum atomic E-state index is -0.0707. The Balaban J connectivity index is 1.92. The predicted molar refractivity (Wildman–Crippen MR) is 82.0 cm³/mol. The Morgan fingerprint density at radius 1 is 1.40 bits per heavy atom. The molecule has 0 amide bonds. The molecular formula is C16H25N3O. The standard InChI is InChI=1S/C16H25N3O/c1-2-8-16(9-10-16)12-18-11-14(15(17)19-20)13-6-4-3-5-7-13/h3-7,14,18,20H,2,8-12H2,1H3,(H2,17,19). The molecule has 0 saturated heterocycles. The second kappa shape index (κ2) is 6.75. The third-order valence-corrected chi connectivity index (χ3v) is 4.26. The predicted octanol–water partition coefficient (Wildman–Crippen LogP) is 2.69. The van der Waals surface area contributed by atoms with Gasteiger partial charge in [0.05, 0.1) is 5.92 Å². The van der Waals surface area contributed by atoms with Crippen molar-refractivity contribution in [2.75, 3.05) is 13.1 Å². The van der Waals surface area contributed by atoms with E-state index in [1.807, 2.05) is 30.3 Å². The van der Waals surface area contributed by atoms with Gasteiger partial charge < -0.3 is 16.3 Å². The maximum absolute atomic E-state index is 8.96. The van der Waals surface area contributed by atoms with E-state index in [0.717, 1.165) is 12.1 Å². The summed E-state index contributed by atoms with van der Waals surface area (Å²) in [7, 11) is 0. The zero-order valence-electron chi connectivity index (χ0n) is 12.2. The van der Waals surface area contributed by atoms with E-state index in [2.05, 4.69) is 17.4 Å². The molecule has 1 fully saturated rings. The number of nitrogens with one attached hydrogen (secondary N) is 1. The molecule has 2 rings (SSSR count). The van der Waals surface area contributed by atoms with Crippen molar-refractivity contribution in [3.05, 3.63) is 35.9 Å². The van der Waals surface area contributed by atoms with Crippen LogP contribution in [0.3, 0.4) is 0 Å². The number of amidine groups is 1. The Morgan fingerprint density at radius 3 is 2.65 bits per heavy atom. The van der Waals surface area contributed by atoms with Crippen LogP contribution in [0.5, 0.6) is 0 Å². The van der Waals surface area contributed by atoms with Crippen molar-refractivity contribution in [1.29, 1.82) is 0 Å². The van der Waals surface area contributed by atoms with E-state index < -0.39 is 0 Å². The summed E-state index contributed by atoms with van der Waals surface area (Å²) in [4.78, 5) is 0. The van der Waals surface area contributed by atoms with Crippen molar-refractivity contribution < 1.29 is 5.21 Å². The number of hydrogen-bond donors (Lipinski definition) is 3. The van der Waals surface area contributed by atoms with Crippen molar-refractivity contribution in [1.82, 2.24) is 5.32 Å². The number of oxime groups is 1. The van der Waals surface area contributed by atoms with Gasteiger partial charge in [-0.1, -0.05) is 48.8 Å². The minimum Gasteiger partial charge on any atom is -0.409 e. The Morgan fingerprint density at radius 2 is 2.10 bits per heavy atom. The van der Waals surface area contributed by atoms with Crippen LogP contribution in [0.25, 0.3) is 0 Å². The SMILES string of the molecule is CCCC1(CNCC(/C(N)=N/O)c2ccccc2)CC1. The molecule has 1 saturated carbocycles. The van der Waals surface area contributed by atoms with Crippen LogP contribution in [-0.4, -0.2) is 24.1 Å². The third kappa shape index (κ3) is 3.73. The summed E-state index contributed by atoms with van der Waals surface area (Å²) in [6, 6.07) is 9.96. The fourth-order valence-electron chi connectivity index (χ4n) is 2.85. The van der Waals surface area contributed by atoms with Gasteiger partial charge in [-0.05, 0) is 30.2 Å². The summed E-state index contributed by atoms with van der Waals surface area (Å²) < 4.78 is 0. The third-order valence-electron chi connectivity index (χ3n) is 4.26. The van der Waals surface area contributed by atoms with Gasteiger partial charge in [0.1, 0.15) is 5.84 Å². The lowest BCUT2D eigenvalue weighted by atomic mass is 9.96. The Hall–Kier alpha value is -1.55. The monoisotopic (exact) mass is 275 g/mol. The van der Waals surface area contributed by atoms with E-state index in [4.69, 9.17) is 10.9 Å². The first-order valence-corrected chi connectivity index (χ1v) is 7.44. The zero-order chi connectivity index (χ0) is 14.4. The van der Waals surface area contributed by atoms with Crippen LogP contribution in [-0.2, 0) is 0 Å². The van der Waals surface area contributed by atoms with Gasteiger partial charge in [-0.25, -0.2) is 0 Å². The van der Waals surface area contributed by atoms with E-state index >= 15 is 0 Å². The van der Waals surface area contributed by atoms with Crippen LogP contribution in [0.2, 0.25) is 0 Å². The molecule has 4 heteroatoms. The maximum Gasteiger partial charge on any atom is 0.147 e. The fraction of sp³-hybridized carbons (Fsp3) is 0.562. The average molecular weight is 275 g/mol. The first kappa shape index (κ1) is 14.9. The van der Waals surface area contributed by atoms with Gasteiger partial charge in [-0.15, -0.1) is 0 Å². The molecule has 0 aliphatic heterocycles. The number of nitrogens with zero attached hydrogens (tertiary/aromatic N) is 1. The van der Waals surface area contributed by atoms with E-state index in [-0.39, 0.29) is 11.8 Å². The van der Waals surface area contributed by atoms with E-state index in [1.165, 1.54) is 25.7 Å². The average Bonchev–Trinajstić information content (AvgIpc) is 3.24. The van der Waals surface area contributed by atoms with Gasteiger partial charge in [-0.3, -0.25) is 0 Å². The number of nitrogens with two attached hydrogens (primary N) is 1. The molecule has 1 unspecified atom stereocenters. The van der Waals surface area contributed by atoms with Gasteiger partial charge in [0.25, 0.3) is 0 Å². The lowest BCUT2D eigenvalue weighted by molar-refractivity contribution is 0.315. The van der Waals surface area contributed by atoms with Gasteiger partial charge in [0.15, 0.2) is 0 Å². The maximum atomic E-state index is 8.96. The van der Waals surface area contributed by atoms with Gasteiger partial charge >= 0.3 is 0 Å². The highest BCUT2D eigenvalue weighted by molar-refractivity contribution is 5.87. The molecule has 110 valence electrons. The van der Waals surface area contributed by atoms with Crippen molar-refractivity contribution >= 4 is 5.84 Å². The molecule has 4 N–H and O–H groups in total. The van der Waals surface area contributed by atoms with Crippen LogP contribution in [0.15, 0.2) is 35.5 Å². The highest BCUT2D eigenvalue weighted by atomic mass is 16.4. The summed E-state index contributed by atoms with van der Waals surface area (Å²) in [6.07, 6.45) is 5.18. The van der Waals surface area contributed by atoms with Crippen molar-refractivity contribution in [3.8, 4) is 0 Å². The molecule has 1 atom stereocenters. The summed E-state index contributed by atoms with van der Waals surface area (Å²) in [5.74, 6) is 0.197. The summed E-state index contributed by atoms with van der Waals surface area (Å²) in [6.45, 7) is 3.98. The Bertz CT molecular complexity index is 440. The van der Waals surface area contributed by atoms with Crippen LogP contribution < -0.4 is 11.1 Å². The second-order valence-electron chi connectivity index (χ2n) is 5.87. The first-order chi connectivity index (χ1) is 9.71. The Labute approximate surface area is 121 Å². The largest absolute Gasteiger partial charge is 0.409 e. The molecule has 0 spiro atoms. The molecule has 0 aromatic heterocycles. The number of rotatable bonds is 8. The lowest BCUT2D eigenvalue weighted by Gasteiger charge is -2.20. The number of benzene rings is 1. The molecule has 20 heavy (non-hydrogen) atoms. The van der Waals surface area contributed by atoms with Crippen molar-refractivity contribution in [3.63, 3.8) is 0 Å². The highest BCUT2D eigenvalue weighted by Gasteiger charge is 2.40.